The molecule has 9 heteroatoms. The zero-order valence-electron chi connectivity index (χ0n) is 16.1. The highest BCUT2D eigenvalue weighted by molar-refractivity contribution is 8.26. The summed E-state index contributed by atoms with van der Waals surface area (Å²) >= 11 is 6.59. The van der Waals surface area contributed by atoms with Crippen molar-refractivity contribution >= 4 is 46.0 Å². The second-order valence-electron chi connectivity index (χ2n) is 6.63. The lowest BCUT2D eigenvalue weighted by atomic mass is 10.2. The largest absolute Gasteiger partial charge is 0.489 e. The van der Waals surface area contributed by atoms with Gasteiger partial charge in [-0.15, -0.1) is 0 Å². The van der Waals surface area contributed by atoms with Crippen LogP contribution in [-0.2, 0) is 17.9 Å². The van der Waals surface area contributed by atoms with Gasteiger partial charge in [-0.3, -0.25) is 19.8 Å². The molecule has 1 aliphatic heterocycles. The van der Waals surface area contributed by atoms with Crippen LogP contribution < -0.4 is 4.74 Å². The first-order valence-electron chi connectivity index (χ1n) is 9.23. The van der Waals surface area contributed by atoms with Gasteiger partial charge in [-0.2, -0.15) is 0 Å². The molecule has 1 amide bonds. The standard InChI is InChI=1S/C22H16N2O5S2/c25-21-20(31-22(30)23(21)13-19-5-2-10-28-19)12-15-6-8-18(9-7-15)29-14-16-3-1-4-17(11-16)24(26)27/h1-12H,13-14H2/b20-12-. The van der Waals surface area contributed by atoms with Gasteiger partial charge < -0.3 is 9.15 Å². The van der Waals surface area contributed by atoms with Crippen molar-refractivity contribution in [2.75, 3.05) is 0 Å². The van der Waals surface area contributed by atoms with Crippen molar-refractivity contribution < 1.29 is 18.9 Å². The number of nitro groups is 1. The summed E-state index contributed by atoms with van der Waals surface area (Å²) in [6.45, 7) is 0.520. The van der Waals surface area contributed by atoms with Crippen LogP contribution in [-0.4, -0.2) is 20.1 Å². The third-order valence-corrected chi connectivity index (χ3v) is 5.85. The van der Waals surface area contributed by atoms with Gasteiger partial charge in [-0.1, -0.05) is 48.2 Å². The fraction of sp³-hybridized carbons (Fsp3) is 0.0909. The van der Waals surface area contributed by atoms with E-state index in [1.807, 2.05) is 12.1 Å². The summed E-state index contributed by atoms with van der Waals surface area (Å²) in [6, 6.07) is 17.1. The highest BCUT2D eigenvalue weighted by Gasteiger charge is 2.32. The first kappa shape index (κ1) is 20.8. The molecular formula is C22H16N2O5S2. The van der Waals surface area contributed by atoms with Gasteiger partial charge in [-0.25, -0.2) is 0 Å². The Balaban J connectivity index is 1.39. The molecule has 3 aromatic rings. The molecule has 0 N–H and O–H groups in total. The van der Waals surface area contributed by atoms with E-state index in [9.17, 15) is 14.9 Å². The molecular weight excluding hydrogens is 436 g/mol. The SMILES string of the molecule is O=C1/C(=C/c2ccc(OCc3cccc([N+](=O)[O-])c3)cc2)SC(=S)N1Cc1ccco1. The molecule has 2 heterocycles. The number of furan rings is 1. The minimum atomic E-state index is -0.435. The second-order valence-corrected chi connectivity index (χ2v) is 8.31. The van der Waals surface area contributed by atoms with Crippen LogP contribution in [0.5, 0.6) is 5.75 Å². The molecule has 4 rings (SSSR count). The van der Waals surface area contributed by atoms with Gasteiger partial charge in [0.2, 0.25) is 0 Å². The molecule has 1 aliphatic rings. The Morgan fingerprint density at radius 3 is 2.68 bits per heavy atom. The molecule has 0 aliphatic carbocycles. The van der Waals surface area contributed by atoms with E-state index in [2.05, 4.69) is 0 Å². The number of thiocarbonyl (C=S) groups is 1. The van der Waals surface area contributed by atoms with Crippen LogP contribution in [0, 0.1) is 10.1 Å². The molecule has 156 valence electrons. The van der Waals surface area contributed by atoms with Crippen LogP contribution in [0.1, 0.15) is 16.9 Å². The third kappa shape index (κ3) is 5.01. The Morgan fingerprint density at radius 1 is 1.16 bits per heavy atom. The van der Waals surface area contributed by atoms with Gasteiger partial charge >= 0.3 is 0 Å². The van der Waals surface area contributed by atoms with E-state index in [-0.39, 0.29) is 18.2 Å². The molecule has 0 atom stereocenters. The fourth-order valence-corrected chi connectivity index (χ4v) is 4.19. The zero-order chi connectivity index (χ0) is 21.8. The van der Waals surface area contributed by atoms with Crippen molar-refractivity contribution in [1.29, 1.82) is 0 Å². The maximum absolute atomic E-state index is 12.7. The van der Waals surface area contributed by atoms with Gasteiger partial charge in [0.1, 0.15) is 22.4 Å². The predicted octanol–water partition coefficient (Wildman–Crippen LogP) is 5.17. The zero-order valence-corrected chi connectivity index (χ0v) is 17.7. The molecule has 7 nitrogen and oxygen atoms in total. The summed E-state index contributed by atoms with van der Waals surface area (Å²) in [4.78, 5) is 25.2. The van der Waals surface area contributed by atoms with Crippen LogP contribution >= 0.6 is 24.0 Å². The van der Waals surface area contributed by atoms with E-state index in [4.69, 9.17) is 21.4 Å². The Bertz CT molecular complexity index is 1160. The van der Waals surface area contributed by atoms with Crippen molar-refractivity contribution in [2.24, 2.45) is 0 Å². The molecule has 1 aromatic heterocycles. The van der Waals surface area contributed by atoms with Crippen molar-refractivity contribution in [3.8, 4) is 5.75 Å². The van der Waals surface area contributed by atoms with Crippen molar-refractivity contribution in [1.82, 2.24) is 4.90 Å². The summed E-state index contributed by atoms with van der Waals surface area (Å²) < 4.78 is 11.5. The Labute approximate surface area is 187 Å². The number of nitro benzene ring substituents is 1. The molecule has 1 fully saturated rings. The number of amides is 1. The lowest BCUT2D eigenvalue weighted by molar-refractivity contribution is -0.384. The summed E-state index contributed by atoms with van der Waals surface area (Å²) in [5.74, 6) is 1.13. The van der Waals surface area contributed by atoms with Gasteiger partial charge in [0.25, 0.3) is 11.6 Å². The van der Waals surface area contributed by atoms with Crippen molar-refractivity contribution in [2.45, 2.75) is 13.2 Å². The quantitative estimate of drug-likeness (QED) is 0.212. The highest BCUT2D eigenvalue weighted by Crippen LogP contribution is 2.34. The molecule has 0 unspecified atom stereocenters. The van der Waals surface area contributed by atoms with Crippen LogP contribution in [0.15, 0.2) is 76.2 Å². The molecule has 2 aromatic carbocycles. The third-order valence-electron chi connectivity index (χ3n) is 4.47. The number of non-ortho nitro benzene ring substituents is 1. The predicted molar refractivity (Wildman–Crippen MR) is 121 cm³/mol. The summed E-state index contributed by atoms with van der Waals surface area (Å²) in [5.41, 5.74) is 1.57. The molecule has 0 bridgehead atoms. The average Bonchev–Trinajstić information content (AvgIpc) is 3.38. The average molecular weight is 453 g/mol. The minimum absolute atomic E-state index is 0.0285. The van der Waals surface area contributed by atoms with Crippen LogP contribution in [0.3, 0.4) is 0 Å². The summed E-state index contributed by atoms with van der Waals surface area (Å²) in [5, 5.41) is 10.9. The number of thioether (sulfide) groups is 1. The normalized spacial score (nSPS) is 15.0. The number of nitrogens with zero attached hydrogens (tertiary/aromatic N) is 2. The number of benzene rings is 2. The molecule has 0 spiro atoms. The number of hydrogen-bond donors (Lipinski definition) is 0. The van der Waals surface area contributed by atoms with E-state index in [1.165, 1.54) is 28.8 Å². The van der Waals surface area contributed by atoms with Crippen LogP contribution in [0.25, 0.3) is 6.08 Å². The number of hydrogen-bond acceptors (Lipinski definition) is 7. The Morgan fingerprint density at radius 2 is 1.97 bits per heavy atom. The smallest absolute Gasteiger partial charge is 0.269 e. The van der Waals surface area contributed by atoms with Gasteiger partial charge in [-0.05, 0) is 41.5 Å². The monoisotopic (exact) mass is 452 g/mol. The van der Waals surface area contributed by atoms with Crippen molar-refractivity contribution in [3.63, 3.8) is 0 Å². The lowest BCUT2D eigenvalue weighted by Crippen LogP contribution is -2.27. The maximum atomic E-state index is 12.7. The Kier molecular flexibility index (Phi) is 6.15. The maximum Gasteiger partial charge on any atom is 0.269 e. The number of carbonyl (C=O) groups is 1. The van der Waals surface area contributed by atoms with Crippen molar-refractivity contribution in [3.05, 3.63) is 98.8 Å². The van der Waals surface area contributed by atoms with Gasteiger partial charge in [0.15, 0.2) is 0 Å². The van der Waals surface area contributed by atoms with Crippen LogP contribution in [0.2, 0.25) is 0 Å². The molecule has 0 radical (unpaired) electrons. The molecule has 31 heavy (non-hydrogen) atoms. The molecule has 0 saturated carbocycles. The highest BCUT2D eigenvalue weighted by atomic mass is 32.2. The van der Waals surface area contributed by atoms with E-state index < -0.39 is 4.92 Å². The summed E-state index contributed by atoms with van der Waals surface area (Å²) in [7, 11) is 0. The minimum Gasteiger partial charge on any atom is -0.489 e. The van der Waals surface area contributed by atoms with E-state index >= 15 is 0 Å². The second kappa shape index (κ2) is 9.15. The lowest BCUT2D eigenvalue weighted by Gasteiger charge is -2.12. The fourth-order valence-electron chi connectivity index (χ4n) is 2.93. The topological polar surface area (TPSA) is 85.8 Å². The first-order chi connectivity index (χ1) is 15.0. The van der Waals surface area contributed by atoms with E-state index in [0.717, 1.165) is 5.56 Å². The van der Waals surface area contributed by atoms with E-state index in [1.54, 1.807) is 48.7 Å². The van der Waals surface area contributed by atoms with E-state index in [0.29, 0.717) is 32.8 Å². The first-order valence-corrected chi connectivity index (χ1v) is 10.5. The van der Waals surface area contributed by atoms with Gasteiger partial charge in [0, 0.05) is 12.1 Å². The summed E-state index contributed by atoms with van der Waals surface area (Å²) in [6.07, 6.45) is 3.34. The number of carbonyl (C=O) groups excluding carboxylic acids is 1. The Hall–Kier alpha value is -3.43. The molecule has 1 saturated heterocycles. The number of rotatable bonds is 7. The van der Waals surface area contributed by atoms with Crippen LogP contribution in [0.4, 0.5) is 5.69 Å². The number of ether oxygens (including phenoxy) is 1. The van der Waals surface area contributed by atoms with Gasteiger partial charge in [0.05, 0.1) is 22.6 Å².